The highest BCUT2D eigenvalue weighted by atomic mass is 35.5. The maximum absolute atomic E-state index is 12.3. The third-order valence-corrected chi connectivity index (χ3v) is 3.67. The number of benzene rings is 1. The number of likely N-dealkylation sites (tertiary alicyclic amines) is 1. The molecule has 0 aromatic heterocycles. The molecule has 18 heavy (non-hydrogen) atoms. The van der Waals surface area contributed by atoms with Gasteiger partial charge in [-0.05, 0) is 30.9 Å². The van der Waals surface area contributed by atoms with Crippen LogP contribution in [0.5, 0.6) is 0 Å². The number of amides is 1. The summed E-state index contributed by atoms with van der Waals surface area (Å²) in [7, 11) is 0. The van der Waals surface area contributed by atoms with Crippen molar-refractivity contribution in [3.8, 4) is 0 Å². The minimum Gasteiger partial charge on any atom is -0.339 e. The number of carbonyl (C=O) groups is 1. The van der Waals surface area contributed by atoms with E-state index in [1.165, 1.54) is 0 Å². The summed E-state index contributed by atoms with van der Waals surface area (Å²) in [5, 5.41) is 0.509. The van der Waals surface area contributed by atoms with Gasteiger partial charge < -0.3 is 9.74 Å². The smallest absolute Gasteiger partial charge is 0.255 e. The first kappa shape index (κ1) is 13.3. The molecule has 1 saturated heterocycles. The van der Waals surface area contributed by atoms with Crippen LogP contribution in [0.25, 0.3) is 0 Å². The van der Waals surface area contributed by atoms with Crippen molar-refractivity contribution in [3.05, 3.63) is 34.9 Å². The molecule has 0 aliphatic carbocycles. The fraction of sp³-hybridized carbons (Fsp3) is 0.462. The summed E-state index contributed by atoms with van der Waals surface area (Å²) in [6.45, 7) is 2.03. The summed E-state index contributed by atoms with van der Waals surface area (Å²) in [6, 6.07) is 7.15. The van der Waals surface area contributed by atoms with Crippen LogP contribution < -0.4 is 5.90 Å². The molecule has 1 aliphatic heterocycles. The Morgan fingerprint density at radius 1 is 1.39 bits per heavy atom. The number of piperidine rings is 1. The first-order valence-corrected chi connectivity index (χ1v) is 6.45. The zero-order valence-electron chi connectivity index (χ0n) is 10.1. The number of carbonyl (C=O) groups excluding carboxylic acids is 1. The molecule has 0 spiro atoms. The molecule has 0 bridgehead atoms. The summed E-state index contributed by atoms with van der Waals surface area (Å²) >= 11 is 6.03. The second-order valence-corrected chi connectivity index (χ2v) is 4.96. The van der Waals surface area contributed by atoms with Crippen LogP contribution in [-0.4, -0.2) is 30.5 Å². The van der Waals surface area contributed by atoms with Crippen LogP contribution in [0.15, 0.2) is 24.3 Å². The number of rotatable bonds is 3. The number of nitrogens with two attached hydrogens (primary N) is 1. The summed E-state index contributed by atoms with van der Waals surface area (Å²) < 4.78 is 0. The molecule has 1 fully saturated rings. The zero-order chi connectivity index (χ0) is 13.0. The number of hydrogen-bond acceptors (Lipinski definition) is 3. The molecule has 98 valence electrons. The average Bonchev–Trinajstić information content (AvgIpc) is 2.40. The molecular formula is C13H17ClN2O2. The van der Waals surface area contributed by atoms with Crippen molar-refractivity contribution in [2.75, 3.05) is 19.7 Å². The average molecular weight is 269 g/mol. The Hall–Kier alpha value is -1.10. The second kappa shape index (κ2) is 6.18. The molecule has 1 amide bonds. The van der Waals surface area contributed by atoms with E-state index in [2.05, 4.69) is 4.84 Å². The van der Waals surface area contributed by atoms with Crippen LogP contribution in [0.4, 0.5) is 0 Å². The van der Waals surface area contributed by atoms with E-state index in [9.17, 15) is 4.79 Å². The predicted octanol–water partition coefficient (Wildman–Crippen LogP) is 2.08. The number of hydrogen-bond donors (Lipinski definition) is 1. The first-order chi connectivity index (χ1) is 8.72. The zero-order valence-corrected chi connectivity index (χ0v) is 10.9. The van der Waals surface area contributed by atoms with Gasteiger partial charge in [0.2, 0.25) is 0 Å². The summed E-state index contributed by atoms with van der Waals surface area (Å²) in [4.78, 5) is 18.8. The Kier molecular flexibility index (Phi) is 4.58. The lowest BCUT2D eigenvalue weighted by atomic mass is 9.97. The lowest BCUT2D eigenvalue weighted by molar-refractivity contribution is 0.0526. The van der Waals surface area contributed by atoms with E-state index in [4.69, 9.17) is 17.5 Å². The normalized spacial score (nSPS) is 16.9. The monoisotopic (exact) mass is 268 g/mol. The summed E-state index contributed by atoms with van der Waals surface area (Å²) in [5.74, 6) is 5.52. The molecule has 0 saturated carbocycles. The van der Waals surface area contributed by atoms with Gasteiger partial charge in [-0.15, -0.1) is 0 Å². The van der Waals surface area contributed by atoms with E-state index in [-0.39, 0.29) is 5.91 Å². The molecule has 2 N–H and O–H groups in total. The Labute approximate surface area is 112 Å². The summed E-state index contributed by atoms with van der Waals surface area (Å²) in [6.07, 6.45) is 1.85. The van der Waals surface area contributed by atoms with Crippen LogP contribution in [0.3, 0.4) is 0 Å². The van der Waals surface area contributed by atoms with Crippen LogP contribution in [0, 0.1) is 5.92 Å². The summed E-state index contributed by atoms with van der Waals surface area (Å²) in [5.41, 5.74) is 0.577. The molecule has 1 aromatic rings. The van der Waals surface area contributed by atoms with Gasteiger partial charge in [0, 0.05) is 13.1 Å². The van der Waals surface area contributed by atoms with Gasteiger partial charge in [-0.1, -0.05) is 23.7 Å². The van der Waals surface area contributed by atoms with E-state index in [1.807, 2.05) is 17.0 Å². The van der Waals surface area contributed by atoms with Crippen LogP contribution >= 0.6 is 11.6 Å². The van der Waals surface area contributed by atoms with Crippen molar-refractivity contribution >= 4 is 17.5 Å². The van der Waals surface area contributed by atoms with Crippen molar-refractivity contribution in [2.45, 2.75) is 12.8 Å². The molecule has 1 aromatic carbocycles. The van der Waals surface area contributed by atoms with Crippen LogP contribution in [0.2, 0.25) is 5.02 Å². The van der Waals surface area contributed by atoms with Gasteiger partial charge in [0.05, 0.1) is 17.2 Å². The minimum absolute atomic E-state index is 0.00715. The highest BCUT2D eigenvalue weighted by molar-refractivity contribution is 6.33. The highest BCUT2D eigenvalue weighted by Crippen LogP contribution is 2.22. The van der Waals surface area contributed by atoms with Crippen LogP contribution in [0.1, 0.15) is 23.2 Å². The fourth-order valence-corrected chi connectivity index (χ4v) is 2.46. The Bertz CT molecular complexity index is 417. The highest BCUT2D eigenvalue weighted by Gasteiger charge is 2.24. The molecular weight excluding hydrogens is 252 g/mol. The van der Waals surface area contributed by atoms with Gasteiger partial charge in [-0.3, -0.25) is 4.79 Å². The SMILES string of the molecule is NOCC1CCN(C(=O)c2ccccc2Cl)CC1. The largest absolute Gasteiger partial charge is 0.339 e. The molecule has 0 unspecified atom stereocenters. The molecule has 4 nitrogen and oxygen atoms in total. The van der Waals surface area contributed by atoms with E-state index < -0.39 is 0 Å². The van der Waals surface area contributed by atoms with E-state index in [1.54, 1.807) is 12.1 Å². The van der Waals surface area contributed by atoms with Crippen molar-refractivity contribution in [1.82, 2.24) is 4.90 Å². The predicted molar refractivity (Wildman–Crippen MR) is 70.2 cm³/mol. The number of halogens is 1. The minimum atomic E-state index is 0.00715. The molecule has 0 radical (unpaired) electrons. The fourth-order valence-electron chi connectivity index (χ4n) is 2.24. The van der Waals surface area contributed by atoms with Crippen molar-refractivity contribution < 1.29 is 9.63 Å². The molecule has 1 heterocycles. The van der Waals surface area contributed by atoms with Gasteiger partial charge >= 0.3 is 0 Å². The lowest BCUT2D eigenvalue weighted by Gasteiger charge is -2.31. The quantitative estimate of drug-likeness (QED) is 0.854. The van der Waals surface area contributed by atoms with Crippen molar-refractivity contribution in [3.63, 3.8) is 0 Å². The van der Waals surface area contributed by atoms with Gasteiger partial charge in [0.1, 0.15) is 0 Å². The number of nitrogens with zero attached hydrogens (tertiary/aromatic N) is 1. The molecule has 0 atom stereocenters. The standard InChI is InChI=1S/C13H17ClN2O2/c14-12-4-2-1-3-11(12)13(17)16-7-5-10(6-8-16)9-18-15/h1-4,10H,5-9,15H2. The first-order valence-electron chi connectivity index (χ1n) is 6.08. The topological polar surface area (TPSA) is 55.6 Å². The van der Waals surface area contributed by atoms with Crippen molar-refractivity contribution in [1.29, 1.82) is 0 Å². The van der Waals surface area contributed by atoms with Gasteiger partial charge in [-0.25, -0.2) is 5.90 Å². The third-order valence-electron chi connectivity index (χ3n) is 3.34. The van der Waals surface area contributed by atoms with Crippen molar-refractivity contribution in [2.24, 2.45) is 11.8 Å². The van der Waals surface area contributed by atoms with Gasteiger partial charge in [0.15, 0.2) is 0 Å². The van der Waals surface area contributed by atoms with E-state index in [0.717, 1.165) is 25.9 Å². The molecule has 5 heteroatoms. The molecule has 1 aliphatic rings. The lowest BCUT2D eigenvalue weighted by Crippen LogP contribution is -2.39. The second-order valence-electron chi connectivity index (χ2n) is 4.55. The Morgan fingerprint density at radius 3 is 2.67 bits per heavy atom. The van der Waals surface area contributed by atoms with Gasteiger partial charge in [-0.2, -0.15) is 0 Å². The molecule has 2 rings (SSSR count). The van der Waals surface area contributed by atoms with E-state index in [0.29, 0.717) is 23.1 Å². The van der Waals surface area contributed by atoms with Crippen LogP contribution in [-0.2, 0) is 4.84 Å². The van der Waals surface area contributed by atoms with Gasteiger partial charge in [0.25, 0.3) is 5.91 Å². The maximum atomic E-state index is 12.3. The van der Waals surface area contributed by atoms with E-state index >= 15 is 0 Å². The Morgan fingerprint density at radius 2 is 2.06 bits per heavy atom. The third kappa shape index (κ3) is 3.02. The Balaban J connectivity index is 1.98. The maximum Gasteiger partial charge on any atom is 0.255 e.